The molecule has 0 saturated carbocycles. The van der Waals surface area contributed by atoms with E-state index in [4.69, 9.17) is 23.8 Å². The first-order valence-electron chi connectivity index (χ1n) is 18.8. The quantitative estimate of drug-likeness (QED) is 0.0623. The maximum Gasteiger partial charge on any atom is 0.471 e. The van der Waals surface area contributed by atoms with Gasteiger partial charge >= 0.3 is 24.2 Å². The fourth-order valence-corrected chi connectivity index (χ4v) is 8.91. The van der Waals surface area contributed by atoms with Crippen molar-refractivity contribution >= 4 is 37.6 Å². The van der Waals surface area contributed by atoms with E-state index >= 15 is 0 Å². The third-order valence-electron chi connectivity index (χ3n) is 9.75. The maximum atomic E-state index is 14.2. The van der Waals surface area contributed by atoms with Gasteiger partial charge in [-0.15, -0.1) is 0 Å². The molecular weight excluding hydrogens is 823 g/mol. The highest BCUT2D eigenvalue weighted by atomic mass is 31.2. The minimum atomic E-state index is -5.25. The number of carbonyl (C=O) groups is 3. The molecule has 324 valence electrons. The van der Waals surface area contributed by atoms with Crippen molar-refractivity contribution in [3.63, 3.8) is 0 Å². The third-order valence-corrected chi connectivity index (χ3v) is 11.9. The lowest BCUT2D eigenvalue weighted by molar-refractivity contribution is -0.167. The number of amides is 3. The van der Waals surface area contributed by atoms with Crippen LogP contribution in [0.2, 0.25) is 0 Å². The van der Waals surface area contributed by atoms with Gasteiger partial charge in [-0.3, -0.25) is 14.4 Å². The summed E-state index contributed by atoms with van der Waals surface area (Å²) < 4.78 is 106. The molecule has 3 amide bonds. The number of anilines is 2. The highest BCUT2D eigenvalue weighted by molar-refractivity contribution is 7.44. The number of nitrogens with zero attached hydrogens (tertiary/aromatic N) is 3. The summed E-state index contributed by atoms with van der Waals surface area (Å²) in [6, 6.07) is 14.0. The Labute approximate surface area is 343 Å². The maximum absolute atomic E-state index is 14.2. The SMILES string of the molecule is Cc1ccc(C(=O)N2CCC(OP(OCCC#N)N(C(C)C)C(C)C)CC2)cc1C1(OCO)c2ccc(NC(=O)C(F)(F)F)cc2Oc2cc(NC(=O)C(F)(F)F)ccc21. The number of alkyl halides is 6. The summed E-state index contributed by atoms with van der Waals surface area (Å²) in [6.45, 7) is 9.65. The number of aliphatic hydroxyl groups is 1. The molecule has 0 aromatic heterocycles. The zero-order valence-electron chi connectivity index (χ0n) is 33.2. The van der Waals surface area contributed by atoms with Crippen molar-refractivity contribution in [1.29, 1.82) is 5.26 Å². The summed E-state index contributed by atoms with van der Waals surface area (Å²) in [4.78, 5) is 39.5. The molecule has 20 heteroatoms. The lowest BCUT2D eigenvalue weighted by atomic mass is 9.75. The van der Waals surface area contributed by atoms with Gasteiger partial charge in [0.05, 0.1) is 25.2 Å². The molecule has 2 heterocycles. The predicted octanol–water partition coefficient (Wildman–Crippen LogP) is 8.26. The van der Waals surface area contributed by atoms with Crippen LogP contribution in [0.25, 0.3) is 0 Å². The standard InChI is InChI=1S/C40H44F6N5O8P/c1-23(2)51(24(3)4)60(57-18-6-15-47)59-29-13-16-50(17-14-29)35(53)26-8-7-25(5)32(19-26)38(56-22-52)30-11-9-27(48-36(54)39(41,42)43)20-33(30)58-34-21-28(10-12-31(34)38)49-37(55)40(44,45)46/h7-12,19-21,23-24,29,52H,6,13-14,16-18,22H2,1-5H3,(H,48,54)(H,49,55). The molecule has 13 nitrogen and oxygen atoms in total. The molecule has 0 bridgehead atoms. The Kier molecular flexibility index (Phi) is 14.5. The molecule has 1 saturated heterocycles. The number of benzene rings is 3. The fourth-order valence-electron chi connectivity index (χ4n) is 7.14. The summed E-state index contributed by atoms with van der Waals surface area (Å²) >= 11 is 0. The van der Waals surface area contributed by atoms with Crippen LogP contribution in [0.1, 0.15) is 79.6 Å². The number of hydrogen-bond donors (Lipinski definition) is 3. The van der Waals surface area contributed by atoms with Crippen molar-refractivity contribution in [2.24, 2.45) is 0 Å². The molecular formula is C40H44F6N5O8P. The Morgan fingerprint density at radius 3 is 1.90 bits per heavy atom. The summed E-state index contributed by atoms with van der Waals surface area (Å²) in [5, 5.41) is 22.9. The third kappa shape index (κ3) is 10.2. The van der Waals surface area contributed by atoms with E-state index in [9.17, 15) is 45.8 Å². The van der Waals surface area contributed by atoms with Crippen LogP contribution in [0.3, 0.4) is 0 Å². The molecule has 1 unspecified atom stereocenters. The van der Waals surface area contributed by atoms with Crippen molar-refractivity contribution in [2.75, 3.05) is 37.1 Å². The number of nitriles is 1. The summed E-state index contributed by atoms with van der Waals surface area (Å²) in [5.41, 5.74) is -1.51. The van der Waals surface area contributed by atoms with E-state index in [-0.39, 0.29) is 82.3 Å². The molecule has 1 atom stereocenters. The molecule has 3 aromatic carbocycles. The Morgan fingerprint density at radius 1 is 0.900 bits per heavy atom. The number of nitrogens with one attached hydrogen (secondary N) is 2. The molecule has 60 heavy (non-hydrogen) atoms. The fraction of sp³-hybridized carbons (Fsp3) is 0.450. The number of ether oxygens (including phenoxy) is 2. The zero-order chi connectivity index (χ0) is 44.2. The molecule has 0 spiro atoms. The number of halogens is 6. The highest BCUT2D eigenvalue weighted by Crippen LogP contribution is 2.55. The van der Waals surface area contributed by atoms with Gasteiger partial charge in [0.2, 0.25) is 0 Å². The molecule has 0 aliphatic carbocycles. The smallest absolute Gasteiger partial charge is 0.456 e. The average Bonchev–Trinajstić information content (AvgIpc) is 3.17. The van der Waals surface area contributed by atoms with Crippen molar-refractivity contribution in [3.8, 4) is 17.6 Å². The van der Waals surface area contributed by atoms with Gasteiger partial charge in [-0.05, 0) is 95.0 Å². The van der Waals surface area contributed by atoms with Crippen LogP contribution >= 0.6 is 8.53 Å². The van der Waals surface area contributed by atoms with Gasteiger partial charge in [0, 0.05) is 65.4 Å². The van der Waals surface area contributed by atoms with E-state index in [1.165, 1.54) is 18.2 Å². The number of likely N-dealkylation sites (tertiary alicyclic amines) is 1. The molecule has 0 radical (unpaired) electrons. The Bertz CT molecular complexity index is 2020. The normalized spacial score (nSPS) is 15.9. The van der Waals surface area contributed by atoms with Crippen LogP contribution < -0.4 is 15.4 Å². The van der Waals surface area contributed by atoms with E-state index in [0.29, 0.717) is 31.5 Å². The zero-order valence-corrected chi connectivity index (χ0v) is 34.1. The minimum Gasteiger partial charge on any atom is -0.456 e. The Morgan fingerprint density at radius 2 is 1.43 bits per heavy atom. The number of carbonyl (C=O) groups excluding carboxylic acids is 3. The van der Waals surface area contributed by atoms with Crippen molar-refractivity contribution in [1.82, 2.24) is 9.57 Å². The van der Waals surface area contributed by atoms with Crippen LogP contribution in [0, 0.1) is 18.3 Å². The van der Waals surface area contributed by atoms with E-state index in [1.807, 2.05) is 27.7 Å². The van der Waals surface area contributed by atoms with Gasteiger partial charge in [0.25, 0.3) is 14.4 Å². The van der Waals surface area contributed by atoms with Crippen LogP contribution in [-0.2, 0) is 29.0 Å². The second-order valence-corrected chi connectivity index (χ2v) is 16.0. The van der Waals surface area contributed by atoms with Gasteiger partial charge < -0.3 is 39.2 Å². The lowest BCUT2D eigenvalue weighted by Crippen LogP contribution is -2.42. The summed E-state index contributed by atoms with van der Waals surface area (Å²) in [6.07, 6.45) is -9.58. The predicted molar refractivity (Wildman–Crippen MR) is 207 cm³/mol. The number of aliphatic hydroxyl groups excluding tert-OH is 1. The number of piperidine rings is 1. The van der Waals surface area contributed by atoms with Gasteiger partial charge in [-0.1, -0.05) is 6.07 Å². The summed E-state index contributed by atoms with van der Waals surface area (Å²) in [5.74, 6) is -5.39. The highest BCUT2D eigenvalue weighted by Gasteiger charge is 2.48. The topological polar surface area (TPSA) is 163 Å². The van der Waals surface area contributed by atoms with Crippen molar-refractivity contribution < 1.29 is 64.4 Å². The lowest BCUT2D eigenvalue weighted by Gasteiger charge is -2.41. The molecule has 3 N–H and O–H groups in total. The first kappa shape index (κ1) is 46.2. The van der Waals surface area contributed by atoms with Gasteiger partial charge in [-0.25, -0.2) is 4.67 Å². The number of fused-ring (bicyclic) bond motifs is 2. The molecule has 1 fully saturated rings. The number of aryl methyl sites for hydroxylation is 1. The van der Waals surface area contributed by atoms with Gasteiger partial charge in [0.1, 0.15) is 18.3 Å². The monoisotopic (exact) mass is 867 g/mol. The van der Waals surface area contributed by atoms with Crippen LogP contribution in [0.5, 0.6) is 11.5 Å². The average molecular weight is 868 g/mol. The Hall–Kier alpha value is -4.83. The van der Waals surface area contributed by atoms with Gasteiger partial charge in [0.15, 0.2) is 5.60 Å². The number of rotatable bonds is 14. The summed E-state index contributed by atoms with van der Waals surface area (Å²) in [7, 11) is -1.51. The van der Waals surface area contributed by atoms with Crippen LogP contribution in [0.15, 0.2) is 54.6 Å². The van der Waals surface area contributed by atoms with E-state index in [1.54, 1.807) is 34.6 Å². The molecule has 2 aliphatic rings. The van der Waals surface area contributed by atoms with Crippen molar-refractivity contribution in [2.45, 2.75) is 90.0 Å². The van der Waals surface area contributed by atoms with Crippen LogP contribution in [-0.4, -0.2) is 89.4 Å². The van der Waals surface area contributed by atoms with E-state index in [0.717, 1.165) is 24.3 Å². The van der Waals surface area contributed by atoms with Crippen LogP contribution in [0.4, 0.5) is 37.7 Å². The minimum absolute atomic E-state index is 0.0946. The Balaban J connectivity index is 1.51. The molecule has 5 rings (SSSR count). The molecule has 3 aromatic rings. The second kappa shape index (κ2) is 18.8. The first-order chi connectivity index (χ1) is 28.2. The van der Waals surface area contributed by atoms with Gasteiger partial charge in [-0.2, -0.15) is 31.6 Å². The second-order valence-electron chi connectivity index (χ2n) is 14.6. The number of hydrogen-bond acceptors (Lipinski definition) is 10. The molecule has 2 aliphatic heterocycles. The largest absolute Gasteiger partial charge is 0.471 e. The van der Waals surface area contributed by atoms with E-state index in [2.05, 4.69) is 10.7 Å². The van der Waals surface area contributed by atoms with E-state index < -0.39 is 45.1 Å². The first-order valence-corrected chi connectivity index (χ1v) is 20.0. The van der Waals surface area contributed by atoms with Crippen molar-refractivity contribution in [3.05, 3.63) is 82.4 Å².